The van der Waals surface area contributed by atoms with Gasteiger partial charge in [-0.25, -0.2) is 8.42 Å². The molecule has 1 N–H and O–H groups in total. The Morgan fingerprint density at radius 2 is 1.59 bits per heavy atom. The molecule has 0 aliphatic heterocycles. The van der Waals surface area contributed by atoms with Crippen molar-refractivity contribution in [3.8, 4) is 10.6 Å². The molecule has 0 saturated carbocycles. The number of anilines is 2. The maximum absolute atomic E-state index is 13.6. The third kappa shape index (κ3) is 5.16. The number of carbonyl (C=O) groups is 1. The number of nitrogens with one attached hydrogen (secondary N) is 1. The van der Waals surface area contributed by atoms with E-state index in [1.807, 2.05) is 63.2 Å². The van der Waals surface area contributed by atoms with Gasteiger partial charge in [-0.2, -0.15) is 0 Å². The summed E-state index contributed by atoms with van der Waals surface area (Å²) in [6.07, 6.45) is 0. The van der Waals surface area contributed by atoms with Crippen LogP contribution in [-0.4, -0.2) is 31.1 Å². The van der Waals surface area contributed by atoms with E-state index < -0.39 is 22.5 Å². The molecule has 1 aromatic heterocycles. The molecule has 0 bridgehead atoms. The van der Waals surface area contributed by atoms with Gasteiger partial charge in [-0.1, -0.05) is 77.1 Å². The molecule has 0 aliphatic carbocycles. The van der Waals surface area contributed by atoms with Crippen molar-refractivity contribution in [2.45, 2.75) is 25.7 Å². The first-order valence-electron chi connectivity index (χ1n) is 10.6. The van der Waals surface area contributed by atoms with E-state index in [1.54, 1.807) is 30.3 Å². The standard InChI is InChI=1S/C25H24N4O3S2/c1-17-9-12-21(13-10-17)34(31,32)29(22-14-11-18(2)15-19(22)3)16-23(30)26-25-28-27-24(33-25)20-7-5-4-6-8-20/h4-15H,16H2,1-3H3,(H,26,28,30). The summed E-state index contributed by atoms with van der Waals surface area (Å²) in [5, 5.41) is 11.8. The normalized spacial score (nSPS) is 11.3. The summed E-state index contributed by atoms with van der Waals surface area (Å²) in [6, 6.07) is 21.5. The first kappa shape index (κ1) is 23.6. The van der Waals surface area contributed by atoms with Crippen molar-refractivity contribution >= 4 is 38.1 Å². The topological polar surface area (TPSA) is 92.3 Å². The quantitative estimate of drug-likeness (QED) is 0.393. The lowest BCUT2D eigenvalue weighted by Crippen LogP contribution is -2.38. The Hall–Kier alpha value is -3.56. The number of hydrogen-bond acceptors (Lipinski definition) is 6. The van der Waals surface area contributed by atoms with Crippen molar-refractivity contribution in [2.75, 3.05) is 16.2 Å². The minimum atomic E-state index is -3.99. The largest absolute Gasteiger partial charge is 0.299 e. The van der Waals surface area contributed by atoms with Crippen LogP contribution in [0.1, 0.15) is 16.7 Å². The van der Waals surface area contributed by atoms with Gasteiger partial charge in [-0.05, 0) is 44.5 Å². The summed E-state index contributed by atoms with van der Waals surface area (Å²) in [5.74, 6) is -0.508. The van der Waals surface area contributed by atoms with Crippen LogP contribution in [0.3, 0.4) is 0 Å². The van der Waals surface area contributed by atoms with Crippen LogP contribution in [0.5, 0.6) is 0 Å². The van der Waals surface area contributed by atoms with Gasteiger partial charge in [0.05, 0.1) is 10.6 Å². The molecule has 0 atom stereocenters. The van der Waals surface area contributed by atoms with Crippen molar-refractivity contribution < 1.29 is 13.2 Å². The molecule has 0 spiro atoms. The van der Waals surface area contributed by atoms with E-state index in [0.717, 1.165) is 26.6 Å². The van der Waals surface area contributed by atoms with E-state index in [2.05, 4.69) is 15.5 Å². The molecule has 34 heavy (non-hydrogen) atoms. The van der Waals surface area contributed by atoms with Gasteiger partial charge < -0.3 is 0 Å². The molecule has 0 radical (unpaired) electrons. The van der Waals surface area contributed by atoms with Crippen LogP contribution in [-0.2, 0) is 14.8 Å². The van der Waals surface area contributed by atoms with E-state index in [0.29, 0.717) is 15.8 Å². The maximum atomic E-state index is 13.6. The Morgan fingerprint density at radius 1 is 0.912 bits per heavy atom. The van der Waals surface area contributed by atoms with Gasteiger partial charge in [0.15, 0.2) is 0 Å². The molecular formula is C25H24N4O3S2. The molecule has 1 heterocycles. The highest BCUT2D eigenvalue weighted by molar-refractivity contribution is 7.92. The number of amides is 1. The molecule has 3 aromatic carbocycles. The van der Waals surface area contributed by atoms with Crippen molar-refractivity contribution in [2.24, 2.45) is 0 Å². The number of hydrogen-bond donors (Lipinski definition) is 1. The van der Waals surface area contributed by atoms with Gasteiger partial charge in [0.2, 0.25) is 11.0 Å². The van der Waals surface area contributed by atoms with Crippen molar-refractivity contribution in [3.05, 3.63) is 89.5 Å². The Balaban J connectivity index is 1.62. The fourth-order valence-corrected chi connectivity index (χ4v) is 5.73. The lowest BCUT2D eigenvalue weighted by molar-refractivity contribution is -0.114. The first-order valence-corrected chi connectivity index (χ1v) is 12.8. The van der Waals surface area contributed by atoms with E-state index in [9.17, 15) is 13.2 Å². The third-order valence-corrected chi connectivity index (χ3v) is 7.87. The van der Waals surface area contributed by atoms with Gasteiger partial charge >= 0.3 is 0 Å². The fourth-order valence-electron chi connectivity index (χ4n) is 3.48. The van der Waals surface area contributed by atoms with E-state index in [-0.39, 0.29) is 4.90 Å². The molecule has 0 saturated heterocycles. The average Bonchev–Trinajstić information content (AvgIpc) is 3.27. The summed E-state index contributed by atoms with van der Waals surface area (Å²) in [4.78, 5) is 13.1. The highest BCUT2D eigenvalue weighted by atomic mass is 32.2. The van der Waals surface area contributed by atoms with Crippen molar-refractivity contribution in [1.29, 1.82) is 0 Å². The minimum absolute atomic E-state index is 0.119. The zero-order chi connectivity index (χ0) is 24.3. The monoisotopic (exact) mass is 492 g/mol. The third-order valence-electron chi connectivity index (χ3n) is 5.21. The number of carbonyl (C=O) groups excluding carboxylic acids is 1. The number of aryl methyl sites for hydroxylation is 3. The Kier molecular flexibility index (Phi) is 6.76. The second kappa shape index (κ2) is 9.74. The highest BCUT2D eigenvalue weighted by Crippen LogP contribution is 2.29. The molecule has 7 nitrogen and oxygen atoms in total. The Morgan fingerprint density at radius 3 is 2.26 bits per heavy atom. The van der Waals surface area contributed by atoms with Gasteiger partial charge in [0, 0.05) is 5.56 Å². The Labute approximate surface area is 203 Å². The van der Waals surface area contributed by atoms with E-state index >= 15 is 0 Å². The number of rotatable bonds is 7. The summed E-state index contributed by atoms with van der Waals surface area (Å²) >= 11 is 1.23. The molecule has 1 amide bonds. The maximum Gasteiger partial charge on any atom is 0.264 e. The van der Waals surface area contributed by atoms with Gasteiger partial charge in [0.25, 0.3) is 10.0 Å². The molecule has 0 aliphatic rings. The molecule has 0 unspecified atom stereocenters. The van der Waals surface area contributed by atoms with Crippen LogP contribution in [0.15, 0.2) is 77.7 Å². The lowest BCUT2D eigenvalue weighted by atomic mass is 10.1. The predicted octanol–water partition coefficient (Wildman–Crippen LogP) is 4.96. The number of nitrogens with zero attached hydrogens (tertiary/aromatic N) is 3. The lowest BCUT2D eigenvalue weighted by Gasteiger charge is -2.25. The first-order chi connectivity index (χ1) is 16.2. The summed E-state index contributed by atoms with van der Waals surface area (Å²) < 4.78 is 28.3. The SMILES string of the molecule is Cc1ccc(S(=O)(=O)N(CC(=O)Nc2nnc(-c3ccccc3)s2)c2ccc(C)cc2C)cc1. The van der Waals surface area contributed by atoms with Crippen LogP contribution in [0, 0.1) is 20.8 Å². The average molecular weight is 493 g/mol. The second-order valence-electron chi connectivity index (χ2n) is 7.94. The van der Waals surface area contributed by atoms with Crippen LogP contribution in [0.4, 0.5) is 10.8 Å². The molecular weight excluding hydrogens is 468 g/mol. The number of benzene rings is 3. The van der Waals surface area contributed by atoms with Crippen LogP contribution >= 0.6 is 11.3 Å². The second-order valence-corrected chi connectivity index (χ2v) is 10.8. The van der Waals surface area contributed by atoms with Gasteiger partial charge in [-0.3, -0.25) is 14.4 Å². The fraction of sp³-hybridized carbons (Fsp3) is 0.160. The van der Waals surface area contributed by atoms with Gasteiger partial charge in [-0.15, -0.1) is 10.2 Å². The minimum Gasteiger partial charge on any atom is -0.299 e. The molecule has 174 valence electrons. The zero-order valence-electron chi connectivity index (χ0n) is 19.0. The highest BCUT2D eigenvalue weighted by Gasteiger charge is 2.28. The zero-order valence-corrected chi connectivity index (χ0v) is 20.7. The van der Waals surface area contributed by atoms with Gasteiger partial charge in [0.1, 0.15) is 11.6 Å². The predicted molar refractivity (Wildman–Crippen MR) is 136 cm³/mol. The number of sulfonamides is 1. The van der Waals surface area contributed by atoms with E-state index in [4.69, 9.17) is 0 Å². The van der Waals surface area contributed by atoms with E-state index in [1.165, 1.54) is 11.3 Å². The van der Waals surface area contributed by atoms with Crippen LogP contribution < -0.4 is 9.62 Å². The van der Waals surface area contributed by atoms with Crippen LogP contribution in [0.2, 0.25) is 0 Å². The smallest absolute Gasteiger partial charge is 0.264 e. The summed E-state index contributed by atoms with van der Waals surface area (Å²) in [7, 11) is -3.99. The van der Waals surface area contributed by atoms with Crippen molar-refractivity contribution in [3.63, 3.8) is 0 Å². The summed E-state index contributed by atoms with van der Waals surface area (Å²) in [5.41, 5.74) is 4.04. The molecule has 4 aromatic rings. The summed E-state index contributed by atoms with van der Waals surface area (Å²) in [6.45, 7) is 5.24. The molecule has 9 heteroatoms. The Bertz CT molecular complexity index is 1420. The molecule has 0 fully saturated rings. The number of aromatic nitrogens is 2. The molecule has 4 rings (SSSR count). The van der Waals surface area contributed by atoms with Crippen molar-refractivity contribution in [1.82, 2.24) is 10.2 Å². The van der Waals surface area contributed by atoms with Crippen LogP contribution in [0.25, 0.3) is 10.6 Å².